The van der Waals surface area contributed by atoms with Gasteiger partial charge in [-0.1, -0.05) is 36.4 Å². The Morgan fingerprint density at radius 1 is 1.12 bits per heavy atom. The summed E-state index contributed by atoms with van der Waals surface area (Å²) >= 11 is 1.48. The van der Waals surface area contributed by atoms with E-state index in [1.54, 1.807) is 6.21 Å². The number of nitrogens with one attached hydrogen (secondary N) is 1. The van der Waals surface area contributed by atoms with Crippen molar-refractivity contribution in [1.82, 2.24) is 10.4 Å². The molecule has 4 nitrogen and oxygen atoms in total. The molecule has 1 N–H and O–H groups in total. The van der Waals surface area contributed by atoms with Crippen molar-refractivity contribution in [1.29, 1.82) is 0 Å². The third-order valence-corrected chi connectivity index (χ3v) is 5.06. The highest BCUT2D eigenvalue weighted by Crippen LogP contribution is 2.21. The zero-order valence-corrected chi connectivity index (χ0v) is 15.9. The molecule has 0 aliphatic rings. The fraction of sp³-hybridized carbons (Fsp3) is 0.190. The highest BCUT2D eigenvalue weighted by molar-refractivity contribution is 7.10. The first-order valence-corrected chi connectivity index (χ1v) is 9.30. The van der Waals surface area contributed by atoms with E-state index in [0.717, 1.165) is 27.4 Å². The van der Waals surface area contributed by atoms with Gasteiger partial charge in [0.15, 0.2) is 0 Å². The summed E-state index contributed by atoms with van der Waals surface area (Å²) in [5.74, 6) is -0.170. The molecule has 0 unspecified atom stereocenters. The molecule has 0 bridgehead atoms. The summed E-state index contributed by atoms with van der Waals surface area (Å²) in [5, 5.41) is 6.84. The van der Waals surface area contributed by atoms with Gasteiger partial charge in [-0.25, -0.2) is 10.4 Å². The molecule has 26 heavy (non-hydrogen) atoms. The molecule has 0 saturated heterocycles. The Morgan fingerprint density at radius 3 is 2.62 bits per heavy atom. The lowest BCUT2D eigenvalue weighted by molar-refractivity contribution is -0.120. The number of carbonyl (C=O) groups is 1. The van der Waals surface area contributed by atoms with Crippen molar-refractivity contribution in [2.45, 2.75) is 27.2 Å². The van der Waals surface area contributed by atoms with Gasteiger partial charge in [-0.3, -0.25) is 4.79 Å². The zero-order chi connectivity index (χ0) is 18.5. The summed E-state index contributed by atoms with van der Waals surface area (Å²) in [6.45, 7) is 6.19. The molecular weight excluding hydrogens is 342 g/mol. The van der Waals surface area contributed by atoms with Crippen LogP contribution in [0.2, 0.25) is 0 Å². The number of hydrogen-bond donors (Lipinski definition) is 1. The van der Waals surface area contributed by atoms with Gasteiger partial charge in [0.2, 0.25) is 5.91 Å². The average Bonchev–Trinajstić information content (AvgIpc) is 3.08. The van der Waals surface area contributed by atoms with Crippen LogP contribution < -0.4 is 5.43 Å². The quantitative estimate of drug-likeness (QED) is 0.539. The number of hydrazone groups is 1. The molecule has 0 aliphatic carbocycles. The lowest BCUT2D eigenvalue weighted by Gasteiger charge is -2.05. The number of hydrogen-bond acceptors (Lipinski definition) is 4. The van der Waals surface area contributed by atoms with Crippen LogP contribution in [-0.4, -0.2) is 17.1 Å². The Hall–Kier alpha value is -2.79. The van der Waals surface area contributed by atoms with Gasteiger partial charge in [0.25, 0.3) is 0 Å². The van der Waals surface area contributed by atoms with Crippen molar-refractivity contribution in [3.63, 3.8) is 0 Å². The van der Waals surface area contributed by atoms with Gasteiger partial charge in [0.1, 0.15) is 5.01 Å². The van der Waals surface area contributed by atoms with Gasteiger partial charge in [0, 0.05) is 10.9 Å². The van der Waals surface area contributed by atoms with E-state index in [1.807, 2.05) is 42.6 Å². The number of aromatic nitrogens is 1. The average molecular weight is 363 g/mol. The summed E-state index contributed by atoms with van der Waals surface area (Å²) in [6.07, 6.45) is 1.91. The van der Waals surface area contributed by atoms with Crippen LogP contribution >= 0.6 is 11.3 Å². The minimum Gasteiger partial charge on any atom is -0.273 e. The predicted octanol–water partition coefficient (Wildman–Crippen LogP) is 4.43. The molecule has 0 saturated carbocycles. The molecule has 1 amide bonds. The van der Waals surface area contributed by atoms with Gasteiger partial charge in [-0.15, -0.1) is 11.3 Å². The molecule has 0 spiro atoms. The molecule has 0 radical (unpaired) electrons. The second-order valence-electron chi connectivity index (χ2n) is 6.26. The van der Waals surface area contributed by atoms with Crippen LogP contribution in [0.4, 0.5) is 0 Å². The lowest BCUT2D eigenvalue weighted by atomic mass is 10.0. The summed E-state index contributed by atoms with van der Waals surface area (Å²) in [5.41, 5.74) is 9.14. The molecule has 1 aromatic heterocycles. The molecular formula is C21H21N3OS. The van der Waals surface area contributed by atoms with E-state index in [-0.39, 0.29) is 12.3 Å². The Kier molecular flexibility index (Phi) is 5.58. The molecule has 0 aliphatic heterocycles. The Morgan fingerprint density at radius 2 is 1.85 bits per heavy atom. The minimum absolute atomic E-state index is 0.170. The third kappa shape index (κ3) is 4.43. The first-order valence-electron chi connectivity index (χ1n) is 8.42. The number of aryl methyl sites for hydroxylation is 3. The largest absolute Gasteiger partial charge is 0.273 e. The molecule has 0 atom stereocenters. The number of nitrogens with zero attached hydrogens (tertiary/aromatic N) is 2. The molecule has 132 valence electrons. The van der Waals surface area contributed by atoms with Crippen molar-refractivity contribution >= 4 is 23.5 Å². The number of benzene rings is 2. The molecule has 1 heterocycles. The van der Waals surface area contributed by atoms with E-state index >= 15 is 0 Å². The highest BCUT2D eigenvalue weighted by Gasteiger charge is 2.08. The van der Waals surface area contributed by atoms with Gasteiger partial charge < -0.3 is 0 Å². The van der Waals surface area contributed by atoms with E-state index < -0.39 is 0 Å². The van der Waals surface area contributed by atoms with Crippen LogP contribution in [0.25, 0.3) is 11.3 Å². The molecule has 5 heteroatoms. The van der Waals surface area contributed by atoms with Crippen molar-refractivity contribution in [3.05, 3.63) is 75.1 Å². The van der Waals surface area contributed by atoms with E-state index in [1.165, 1.54) is 22.5 Å². The van der Waals surface area contributed by atoms with Crippen molar-refractivity contribution in [3.8, 4) is 11.3 Å². The zero-order valence-electron chi connectivity index (χ0n) is 15.1. The van der Waals surface area contributed by atoms with Crippen molar-refractivity contribution in [2.75, 3.05) is 0 Å². The van der Waals surface area contributed by atoms with Gasteiger partial charge in [-0.2, -0.15) is 5.10 Å². The third-order valence-electron chi connectivity index (χ3n) is 4.21. The second-order valence-corrected chi connectivity index (χ2v) is 7.20. The summed E-state index contributed by atoms with van der Waals surface area (Å²) < 4.78 is 0. The van der Waals surface area contributed by atoms with E-state index in [4.69, 9.17) is 0 Å². The Labute approximate surface area is 157 Å². The van der Waals surface area contributed by atoms with Gasteiger partial charge in [0.05, 0.1) is 18.3 Å². The van der Waals surface area contributed by atoms with Crippen LogP contribution in [0.1, 0.15) is 27.3 Å². The van der Waals surface area contributed by atoms with Crippen LogP contribution in [-0.2, 0) is 11.2 Å². The topological polar surface area (TPSA) is 54.4 Å². The first kappa shape index (κ1) is 18.0. The summed E-state index contributed by atoms with van der Waals surface area (Å²) in [6, 6.07) is 14.1. The maximum atomic E-state index is 12.1. The molecule has 3 aromatic rings. The fourth-order valence-corrected chi connectivity index (χ4v) is 3.41. The SMILES string of the molecule is Cc1cc(C)c(/C=N\NC(=O)Cc2nc(-c3ccccc3)cs2)cc1C. The fourth-order valence-electron chi connectivity index (χ4n) is 2.61. The number of carbonyl (C=O) groups excluding carboxylic acids is 1. The smallest absolute Gasteiger partial charge is 0.246 e. The van der Waals surface area contributed by atoms with E-state index in [9.17, 15) is 4.79 Å². The van der Waals surface area contributed by atoms with Crippen molar-refractivity contribution in [2.24, 2.45) is 5.10 Å². The predicted molar refractivity (Wildman–Crippen MR) is 108 cm³/mol. The Bertz CT molecular complexity index is 945. The standard InChI is InChI=1S/C21H21N3OS/c1-14-9-16(3)18(10-15(14)2)12-22-24-20(25)11-21-23-19(13-26-21)17-7-5-4-6-8-17/h4-10,12-13H,11H2,1-3H3,(H,24,25)/b22-12-. The minimum atomic E-state index is -0.170. The second kappa shape index (κ2) is 8.06. The van der Waals surface area contributed by atoms with Crippen LogP contribution in [0, 0.1) is 20.8 Å². The maximum absolute atomic E-state index is 12.1. The monoisotopic (exact) mass is 363 g/mol. The molecule has 2 aromatic carbocycles. The Balaban J connectivity index is 1.60. The van der Waals surface area contributed by atoms with Crippen molar-refractivity contribution < 1.29 is 4.79 Å². The summed E-state index contributed by atoms with van der Waals surface area (Å²) in [7, 11) is 0. The van der Waals surface area contributed by atoms with Crippen LogP contribution in [0.5, 0.6) is 0 Å². The molecule has 3 rings (SSSR count). The van der Waals surface area contributed by atoms with E-state index in [0.29, 0.717) is 0 Å². The normalized spacial score (nSPS) is 11.0. The number of amides is 1. The first-order chi connectivity index (χ1) is 12.5. The number of thiazole rings is 1. The van der Waals surface area contributed by atoms with E-state index in [2.05, 4.69) is 41.5 Å². The lowest BCUT2D eigenvalue weighted by Crippen LogP contribution is -2.19. The van der Waals surface area contributed by atoms with Gasteiger partial charge in [-0.05, 0) is 49.1 Å². The van der Waals surface area contributed by atoms with Crippen LogP contribution in [0.3, 0.4) is 0 Å². The highest BCUT2D eigenvalue weighted by atomic mass is 32.1. The summed E-state index contributed by atoms with van der Waals surface area (Å²) in [4.78, 5) is 16.6. The maximum Gasteiger partial charge on any atom is 0.246 e. The molecule has 0 fully saturated rings. The van der Waals surface area contributed by atoms with Gasteiger partial charge >= 0.3 is 0 Å². The van der Waals surface area contributed by atoms with Crippen LogP contribution in [0.15, 0.2) is 52.9 Å². The number of rotatable bonds is 5.